The van der Waals surface area contributed by atoms with E-state index in [0.29, 0.717) is 15.6 Å². The summed E-state index contributed by atoms with van der Waals surface area (Å²) in [6.45, 7) is -0.108. The molecule has 0 aliphatic carbocycles. The van der Waals surface area contributed by atoms with E-state index in [1.807, 2.05) is 0 Å². The van der Waals surface area contributed by atoms with Gasteiger partial charge in [-0.2, -0.15) is 13.2 Å². The van der Waals surface area contributed by atoms with Crippen LogP contribution < -0.4 is 10.5 Å². The summed E-state index contributed by atoms with van der Waals surface area (Å²) in [6.07, 6.45) is -4.55. The standard InChI is InChI=1S/C14H10Cl2F3NO/c15-9-2-1-8(12(16)5-9)7-21-13-4-3-10(20)6-11(13)14(17,18)19/h1-6H,7,20H2. The first-order valence-electron chi connectivity index (χ1n) is 5.81. The summed E-state index contributed by atoms with van der Waals surface area (Å²) < 4.78 is 43.9. The van der Waals surface area contributed by atoms with Gasteiger partial charge in [0.2, 0.25) is 0 Å². The van der Waals surface area contributed by atoms with Crippen LogP contribution in [0.25, 0.3) is 0 Å². The predicted octanol–water partition coefficient (Wildman–Crippen LogP) is 5.17. The molecule has 0 fully saturated rings. The lowest BCUT2D eigenvalue weighted by Crippen LogP contribution is -2.09. The van der Waals surface area contributed by atoms with Gasteiger partial charge < -0.3 is 10.5 Å². The molecule has 0 atom stereocenters. The molecule has 7 heteroatoms. The van der Waals surface area contributed by atoms with Crippen molar-refractivity contribution in [2.75, 3.05) is 5.73 Å². The van der Waals surface area contributed by atoms with E-state index < -0.39 is 11.7 Å². The van der Waals surface area contributed by atoms with E-state index in [1.165, 1.54) is 18.2 Å². The van der Waals surface area contributed by atoms with Crippen LogP contribution in [0.3, 0.4) is 0 Å². The fourth-order valence-corrected chi connectivity index (χ4v) is 2.15. The lowest BCUT2D eigenvalue weighted by molar-refractivity contribution is -0.139. The third-order valence-electron chi connectivity index (χ3n) is 2.71. The third-order valence-corrected chi connectivity index (χ3v) is 3.29. The molecule has 0 bridgehead atoms. The van der Waals surface area contributed by atoms with E-state index in [-0.39, 0.29) is 18.0 Å². The Morgan fingerprint density at radius 2 is 1.76 bits per heavy atom. The number of anilines is 1. The quantitative estimate of drug-likeness (QED) is 0.785. The molecule has 21 heavy (non-hydrogen) atoms. The maximum absolute atomic E-state index is 12.9. The minimum atomic E-state index is -4.55. The SMILES string of the molecule is Nc1ccc(OCc2ccc(Cl)cc2Cl)c(C(F)(F)F)c1. The molecule has 0 spiro atoms. The average Bonchev–Trinajstić information content (AvgIpc) is 2.38. The van der Waals surface area contributed by atoms with Crippen molar-refractivity contribution in [1.29, 1.82) is 0 Å². The van der Waals surface area contributed by atoms with Gasteiger partial charge in [-0.25, -0.2) is 0 Å². The van der Waals surface area contributed by atoms with Crippen molar-refractivity contribution in [2.45, 2.75) is 12.8 Å². The number of alkyl halides is 3. The van der Waals surface area contributed by atoms with Gasteiger partial charge in [0.05, 0.1) is 5.56 Å². The molecular weight excluding hydrogens is 326 g/mol. The molecule has 0 radical (unpaired) electrons. The molecule has 0 amide bonds. The molecule has 0 aromatic heterocycles. The summed E-state index contributed by atoms with van der Waals surface area (Å²) in [4.78, 5) is 0. The Labute approximate surface area is 129 Å². The Morgan fingerprint density at radius 3 is 2.38 bits per heavy atom. The molecule has 2 aromatic carbocycles. The van der Waals surface area contributed by atoms with Crippen LogP contribution in [0.5, 0.6) is 5.75 Å². The second kappa shape index (κ2) is 6.03. The van der Waals surface area contributed by atoms with Crippen LogP contribution in [0.15, 0.2) is 36.4 Å². The van der Waals surface area contributed by atoms with E-state index >= 15 is 0 Å². The van der Waals surface area contributed by atoms with Crippen molar-refractivity contribution in [3.05, 3.63) is 57.6 Å². The van der Waals surface area contributed by atoms with Gasteiger partial charge in [-0.05, 0) is 30.3 Å². The van der Waals surface area contributed by atoms with Crippen molar-refractivity contribution in [3.63, 3.8) is 0 Å². The highest BCUT2D eigenvalue weighted by molar-refractivity contribution is 6.35. The Morgan fingerprint density at radius 1 is 1.05 bits per heavy atom. The molecule has 0 unspecified atom stereocenters. The highest BCUT2D eigenvalue weighted by Gasteiger charge is 2.34. The highest BCUT2D eigenvalue weighted by Crippen LogP contribution is 2.37. The van der Waals surface area contributed by atoms with Gasteiger partial charge in [-0.3, -0.25) is 0 Å². The van der Waals surface area contributed by atoms with E-state index in [1.54, 1.807) is 12.1 Å². The number of nitrogens with two attached hydrogens (primary N) is 1. The van der Waals surface area contributed by atoms with Crippen LogP contribution in [-0.2, 0) is 12.8 Å². The zero-order valence-corrected chi connectivity index (χ0v) is 12.1. The second-order valence-corrected chi connectivity index (χ2v) is 5.12. The molecule has 112 valence electrons. The van der Waals surface area contributed by atoms with Crippen molar-refractivity contribution in [1.82, 2.24) is 0 Å². The summed E-state index contributed by atoms with van der Waals surface area (Å²) in [5, 5.41) is 0.763. The van der Waals surface area contributed by atoms with Crippen LogP contribution in [-0.4, -0.2) is 0 Å². The van der Waals surface area contributed by atoms with Crippen molar-refractivity contribution >= 4 is 28.9 Å². The predicted molar refractivity (Wildman–Crippen MR) is 76.7 cm³/mol. The summed E-state index contributed by atoms with van der Waals surface area (Å²) in [6, 6.07) is 8.03. The maximum Gasteiger partial charge on any atom is 0.420 e. The van der Waals surface area contributed by atoms with Gasteiger partial charge in [0.1, 0.15) is 12.4 Å². The molecule has 0 heterocycles. The van der Waals surface area contributed by atoms with Crippen molar-refractivity contribution in [2.24, 2.45) is 0 Å². The third kappa shape index (κ3) is 3.95. The molecule has 2 N–H and O–H groups in total. The van der Waals surface area contributed by atoms with Gasteiger partial charge in [0, 0.05) is 21.3 Å². The Kier molecular flexibility index (Phi) is 4.54. The maximum atomic E-state index is 12.9. The van der Waals surface area contributed by atoms with Crippen LogP contribution in [0.4, 0.5) is 18.9 Å². The molecule has 2 aromatic rings. The summed E-state index contributed by atoms with van der Waals surface area (Å²) in [5.41, 5.74) is 5.00. The summed E-state index contributed by atoms with van der Waals surface area (Å²) >= 11 is 11.7. The zero-order chi connectivity index (χ0) is 15.6. The first-order chi connectivity index (χ1) is 9.77. The molecular formula is C14H10Cl2F3NO. The normalized spacial score (nSPS) is 11.5. The molecule has 0 aliphatic rings. The fourth-order valence-electron chi connectivity index (χ4n) is 1.69. The van der Waals surface area contributed by atoms with Crippen LogP contribution in [0.1, 0.15) is 11.1 Å². The number of rotatable bonds is 3. The molecule has 2 nitrogen and oxygen atoms in total. The lowest BCUT2D eigenvalue weighted by Gasteiger charge is -2.15. The number of ether oxygens (including phenoxy) is 1. The Bertz CT molecular complexity index is 659. The first kappa shape index (κ1) is 15.8. The number of benzene rings is 2. The van der Waals surface area contributed by atoms with E-state index in [9.17, 15) is 13.2 Å². The second-order valence-electron chi connectivity index (χ2n) is 4.28. The molecule has 0 saturated carbocycles. The van der Waals surface area contributed by atoms with Crippen LogP contribution in [0.2, 0.25) is 10.0 Å². The number of hydrogen-bond donors (Lipinski definition) is 1. The smallest absolute Gasteiger partial charge is 0.420 e. The topological polar surface area (TPSA) is 35.2 Å². The molecule has 0 aliphatic heterocycles. The van der Waals surface area contributed by atoms with Crippen LogP contribution in [0, 0.1) is 0 Å². The van der Waals surface area contributed by atoms with E-state index in [2.05, 4.69) is 0 Å². The van der Waals surface area contributed by atoms with E-state index in [0.717, 1.165) is 6.07 Å². The van der Waals surface area contributed by atoms with E-state index in [4.69, 9.17) is 33.7 Å². The van der Waals surface area contributed by atoms with Crippen LogP contribution >= 0.6 is 23.2 Å². The minimum absolute atomic E-state index is 0.0131. The van der Waals surface area contributed by atoms with Gasteiger partial charge >= 0.3 is 6.18 Å². The monoisotopic (exact) mass is 335 g/mol. The first-order valence-corrected chi connectivity index (χ1v) is 6.56. The fraction of sp³-hybridized carbons (Fsp3) is 0.143. The number of nitrogen functional groups attached to an aromatic ring is 1. The van der Waals surface area contributed by atoms with Gasteiger partial charge in [0.15, 0.2) is 0 Å². The number of halogens is 5. The van der Waals surface area contributed by atoms with Crippen molar-refractivity contribution < 1.29 is 17.9 Å². The Hall–Kier alpha value is -1.59. The molecule has 0 saturated heterocycles. The number of hydrogen-bond acceptors (Lipinski definition) is 2. The molecule has 2 rings (SSSR count). The van der Waals surface area contributed by atoms with Gasteiger partial charge in [0.25, 0.3) is 0 Å². The summed E-state index contributed by atoms with van der Waals surface area (Å²) in [7, 11) is 0. The summed E-state index contributed by atoms with van der Waals surface area (Å²) in [5.74, 6) is -0.303. The van der Waals surface area contributed by atoms with Gasteiger partial charge in [-0.15, -0.1) is 0 Å². The lowest BCUT2D eigenvalue weighted by atomic mass is 10.1. The minimum Gasteiger partial charge on any atom is -0.488 e. The zero-order valence-electron chi connectivity index (χ0n) is 10.5. The van der Waals surface area contributed by atoms with Crippen molar-refractivity contribution in [3.8, 4) is 5.75 Å². The van der Waals surface area contributed by atoms with Gasteiger partial charge in [-0.1, -0.05) is 29.3 Å². The largest absolute Gasteiger partial charge is 0.488 e. The highest BCUT2D eigenvalue weighted by atomic mass is 35.5. The average molecular weight is 336 g/mol. The Balaban J connectivity index is 2.24.